The second-order valence-electron chi connectivity index (χ2n) is 4.78. The summed E-state index contributed by atoms with van der Waals surface area (Å²) >= 11 is 0. The van der Waals surface area contributed by atoms with Crippen molar-refractivity contribution >= 4 is 11.6 Å². The van der Waals surface area contributed by atoms with Crippen LogP contribution in [0.3, 0.4) is 0 Å². The van der Waals surface area contributed by atoms with Crippen molar-refractivity contribution in [2.24, 2.45) is 12.8 Å². The maximum absolute atomic E-state index is 11.4. The zero-order chi connectivity index (χ0) is 13.4. The van der Waals surface area contributed by atoms with Crippen molar-refractivity contribution in [3.63, 3.8) is 0 Å². The van der Waals surface area contributed by atoms with E-state index in [4.69, 9.17) is 5.73 Å². The number of hydrogen-bond acceptors (Lipinski definition) is 3. The zero-order valence-corrected chi connectivity index (χ0v) is 10.8. The van der Waals surface area contributed by atoms with Crippen LogP contribution in [-0.2, 0) is 24.8 Å². The second-order valence-corrected chi connectivity index (χ2v) is 4.78. The van der Waals surface area contributed by atoms with E-state index in [0.717, 1.165) is 29.1 Å². The van der Waals surface area contributed by atoms with Gasteiger partial charge in [0, 0.05) is 31.3 Å². The summed E-state index contributed by atoms with van der Waals surface area (Å²) in [6.07, 6.45) is 3.11. The molecular weight excluding hydrogens is 240 g/mol. The summed E-state index contributed by atoms with van der Waals surface area (Å²) < 4.78 is 1.98. The van der Waals surface area contributed by atoms with Crippen LogP contribution in [0.25, 0.3) is 11.3 Å². The lowest BCUT2D eigenvalue weighted by Gasteiger charge is -2.18. The number of benzene rings is 1. The number of aromatic nitrogens is 2. The Morgan fingerprint density at radius 3 is 3.05 bits per heavy atom. The standard InChI is InChI=1S/C14H16N4O/c1-18-8-16-12(7-15)14(18)10-2-4-11-9(6-10)3-5-13(19)17-11/h2,4,6,8H,3,5,7,15H2,1H3,(H,17,19). The van der Waals surface area contributed by atoms with Crippen LogP contribution in [0.2, 0.25) is 0 Å². The number of imidazole rings is 1. The maximum atomic E-state index is 11.4. The average molecular weight is 256 g/mol. The van der Waals surface area contributed by atoms with Gasteiger partial charge >= 0.3 is 0 Å². The van der Waals surface area contributed by atoms with Crippen LogP contribution in [0.1, 0.15) is 17.7 Å². The number of amides is 1. The molecule has 1 aromatic carbocycles. The third kappa shape index (κ3) is 2.02. The topological polar surface area (TPSA) is 72.9 Å². The number of nitrogens with two attached hydrogens (primary N) is 1. The predicted octanol–water partition coefficient (Wildman–Crippen LogP) is 1.43. The van der Waals surface area contributed by atoms with Gasteiger partial charge in [0.1, 0.15) is 0 Å². The summed E-state index contributed by atoms with van der Waals surface area (Å²) in [6, 6.07) is 6.07. The summed E-state index contributed by atoms with van der Waals surface area (Å²) in [4.78, 5) is 15.7. The lowest BCUT2D eigenvalue weighted by atomic mass is 9.98. The van der Waals surface area contributed by atoms with Gasteiger partial charge in [0.15, 0.2) is 0 Å². The smallest absolute Gasteiger partial charge is 0.224 e. The van der Waals surface area contributed by atoms with E-state index >= 15 is 0 Å². The van der Waals surface area contributed by atoms with Crippen LogP contribution in [0.5, 0.6) is 0 Å². The number of fused-ring (bicyclic) bond motifs is 1. The highest BCUT2D eigenvalue weighted by atomic mass is 16.1. The molecule has 0 bridgehead atoms. The maximum Gasteiger partial charge on any atom is 0.224 e. The first kappa shape index (κ1) is 11.9. The van der Waals surface area contributed by atoms with Crippen molar-refractivity contribution in [3.8, 4) is 11.3 Å². The van der Waals surface area contributed by atoms with Gasteiger partial charge in [-0.25, -0.2) is 4.98 Å². The van der Waals surface area contributed by atoms with E-state index in [2.05, 4.69) is 16.4 Å². The van der Waals surface area contributed by atoms with Crippen molar-refractivity contribution in [1.82, 2.24) is 9.55 Å². The lowest BCUT2D eigenvalue weighted by molar-refractivity contribution is -0.116. The summed E-state index contributed by atoms with van der Waals surface area (Å²) in [5.74, 6) is 0.0865. The molecule has 1 aromatic heterocycles. The zero-order valence-electron chi connectivity index (χ0n) is 10.8. The Hall–Kier alpha value is -2.14. The Kier molecular flexibility index (Phi) is 2.83. The first-order chi connectivity index (χ1) is 9.19. The quantitative estimate of drug-likeness (QED) is 0.853. The van der Waals surface area contributed by atoms with Crippen LogP contribution >= 0.6 is 0 Å². The van der Waals surface area contributed by atoms with E-state index in [1.807, 2.05) is 23.7 Å². The monoisotopic (exact) mass is 256 g/mol. The molecule has 0 unspecified atom stereocenters. The largest absolute Gasteiger partial charge is 0.333 e. The molecule has 2 aromatic rings. The summed E-state index contributed by atoms with van der Waals surface area (Å²) in [6.45, 7) is 0.421. The third-order valence-electron chi connectivity index (χ3n) is 3.48. The van der Waals surface area contributed by atoms with E-state index in [-0.39, 0.29) is 5.91 Å². The summed E-state index contributed by atoms with van der Waals surface area (Å²) in [5, 5.41) is 2.89. The van der Waals surface area contributed by atoms with Crippen molar-refractivity contribution in [2.75, 3.05) is 5.32 Å². The minimum atomic E-state index is 0.0865. The second kappa shape index (κ2) is 4.51. The molecule has 0 saturated carbocycles. The minimum absolute atomic E-state index is 0.0865. The number of carbonyl (C=O) groups is 1. The van der Waals surface area contributed by atoms with Crippen LogP contribution < -0.4 is 11.1 Å². The van der Waals surface area contributed by atoms with Gasteiger partial charge in [0.05, 0.1) is 17.7 Å². The highest BCUT2D eigenvalue weighted by Crippen LogP contribution is 2.29. The highest BCUT2D eigenvalue weighted by Gasteiger charge is 2.17. The van der Waals surface area contributed by atoms with Crippen molar-refractivity contribution < 1.29 is 4.79 Å². The fourth-order valence-corrected chi connectivity index (χ4v) is 2.53. The number of aryl methyl sites for hydroxylation is 2. The summed E-state index contributed by atoms with van der Waals surface area (Å²) in [5.41, 5.74) is 10.8. The van der Waals surface area contributed by atoms with Gasteiger partial charge in [0.2, 0.25) is 5.91 Å². The van der Waals surface area contributed by atoms with Gasteiger partial charge in [-0.3, -0.25) is 4.79 Å². The Labute approximate surface area is 111 Å². The molecule has 3 rings (SSSR count). The van der Waals surface area contributed by atoms with Crippen molar-refractivity contribution in [1.29, 1.82) is 0 Å². The van der Waals surface area contributed by atoms with Crippen LogP contribution in [0.4, 0.5) is 5.69 Å². The molecule has 0 radical (unpaired) electrons. The van der Waals surface area contributed by atoms with Gasteiger partial charge in [-0.2, -0.15) is 0 Å². The number of carbonyl (C=O) groups excluding carboxylic acids is 1. The molecule has 3 N–H and O–H groups in total. The molecule has 1 aliphatic heterocycles. The van der Waals surface area contributed by atoms with Gasteiger partial charge in [-0.05, 0) is 24.1 Å². The molecule has 0 saturated heterocycles. The fourth-order valence-electron chi connectivity index (χ4n) is 2.53. The van der Waals surface area contributed by atoms with Gasteiger partial charge in [0.25, 0.3) is 0 Å². The highest BCUT2D eigenvalue weighted by molar-refractivity contribution is 5.94. The number of hydrogen-bond donors (Lipinski definition) is 2. The molecule has 98 valence electrons. The Balaban J connectivity index is 2.07. The number of nitrogens with one attached hydrogen (secondary N) is 1. The van der Waals surface area contributed by atoms with E-state index in [1.54, 1.807) is 6.33 Å². The van der Waals surface area contributed by atoms with Crippen LogP contribution in [0, 0.1) is 0 Å². The third-order valence-corrected chi connectivity index (χ3v) is 3.48. The number of anilines is 1. The van der Waals surface area contributed by atoms with Crippen molar-refractivity contribution in [3.05, 3.63) is 35.8 Å². The molecule has 0 atom stereocenters. The van der Waals surface area contributed by atoms with E-state index < -0.39 is 0 Å². The SMILES string of the molecule is Cn1cnc(CN)c1-c1ccc2c(c1)CCC(=O)N2. The van der Waals surface area contributed by atoms with Gasteiger partial charge in [-0.1, -0.05) is 6.07 Å². The first-order valence-electron chi connectivity index (χ1n) is 6.32. The lowest BCUT2D eigenvalue weighted by Crippen LogP contribution is -2.18. The molecule has 1 aliphatic rings. The average Bonchev–Trinajstić information content (AvgIpc) is 2.79. The molecule has 5 nitrogen and oxygen atoms in total. The van der Waals surface area contributed by atoms with E-state index in [9.17, 15) is 4.79 Å². The van der Waals surface area contributed by atoms with Crippen LogP contribution in [0.15, 0.2) is 24.5 Å². The van der Waals surface area contributed by atoms with Gasteiger partial charge in [-0.15, -0.1) is 0 Å². The van der Waals surface area contributed by atoms with E-state index in [0.29, 0.717) is 13.0 Å². The minimum Gasteiger partial charge on any atom is -0.333 e. The molecule has 19 heavy (non-hydrogen) atoms. The van der Waals surface area contributed by atoms with Gasteiger partial charge < -0.3 is 15.6 Å². The van der Waals surface area contributed by atoms with Crippen molar-refractivity contribution in [2.45, 2.75) is 19.4 Å². The molecule has 0 spiro atoms. The fraction of sp³-hybridized carbons (Fsp3) is 0.286. The Morgan fingerprint density at radius 2 is 2.26 bits per heavy atom. The molecule has 1 amide bonds. The molecule has 0 fully saturated rings. The normalized spacial score (nSPS) is 14.1. The first-order valence-corrected chi connectivity index (χ1v) is 6.32. The number of nitrogens with zero attached hydrogens (tertiary/aromatic N) is 2. The molecule has 5 heteroatoms. The van der Waals surface area contributed by atoms with Crippen LogP contribution in [-0.4, -0.2) is 15.5 Å². The Bertz CT molecular complexity index is 645. The number of rotatable bonds is 2. The predicted molar refractivity (Wildman–Crippen MR) is 73.5 cm³/mol. The molecule has 2 heterocycles. The summed E-state index contributed by atoms with van der Waals surface area (Å²) in [7, 11) is 1.96. The Morgan fingerprint density at radius 1 is 1.42 bits per heavy atom. The molecular formula is C14H16N4O. The molecule has 0 aliphatic carbocycles. The van der Waals surface area contributed by atoms with E-state index in [1.165, 1.54) is 5.56 Å².